The second-order valence-electron chi connectivity index (χ2n) is 3.72. The molecule has 0 bridgehead atoms. The lowest BCUT2D eigenvalue weighted by Crippen LogP contribution is -2.33. The molecule has 0 saturated carbocycles. The van der Waals surface area contributed by atoms with Gasteiger partial charge in [0.15, 0.2) is 0 Å². The van der Waals surface area contributed by atoms with Crippen LogP contribution < -0.4 is 5.32 Å². The van der Waals surface area contributed by atoms with Crippen molar-refractivity contribution >= 4 is 17.7 Å². The molecule has 2 atom stereocenters. The van der Waals surface area contributed by atoms with Crippen molar-refractivity contribution in [3.8, 4) is 0 Å². The fraction of sp³-hybridized carbons (Fsp3) is 0.900. The zero-order chi connectivity index (χ0) is 10.4. The van der Waals surface area contributed by atoms with E-state index in [0.717, 1.165) is 11.8 Å². The van der Waals surface area contributed by atoms with Gasteiger partial charge in [-0.05, 0) is 25.5 Å². The number of ether oxygens (including phenoxy) is 1. The lowest BCUT2D eigenvalue weighted by Gasteiger charge is -2.15. The van der Waals surface area contributed by atoms with Crippen LogP contribution in [0.5, 0.6) is 0 Å². The molecule has 82 valence electrons. The first kappa shape index (κ1) is 11.9. The van der Waals surface area contributed by atoms with Gasteiger partial charge in [-0.1, -0.05) is 0 Å². The zero-order valence-electron chi connectivity index (χ0n) is 8.91. The van der Waals surface area contributed by atoms with E-state index >= 15 is 0 Å². The summed E-state index contributed by atoms with van der Waals surface area (Å²) in [4.78, 5) is 11.0. The van der Waals surface area contributed by atoms with Crippen LogP contribution in [-0.4, -0.2) is 36.7 Å². The normalized spacial score (nSPS) is 23.4. The summed E-state index contributed by atoms with van der Waals surface area (Å²) in [6.07, 6.45) is 3.11. The van der Waals surface area contributed by atoms with Crippen molar-refractivity contribution in [1.29, 1.82) is 0 Å². The average Bonchev–Trinajstić information content (AvgIpc) is 2.67. The van der Waals surface area contributed by atoms with Gasteiger partial charge in [-0.25, -0.2) is 0 Å². The molecule has 1 saturated heterocycles. The monoisotopic (exact) mass is 217 g/mol. The first-order valence-electron chi connectivity index (χ1n) is 5.14. The molecule has 1 N–H and O–H groups in total. The number of hydrogen-bond acceptors (Lipinski definition) is 4. The third kappa shape index (κ3) is 4.33. The Morgan fingerprint density at radius 1 is 1.71 bits per heavy atom. The standard InChI is InChI=1S/C10H19NO2S/c1-8(6-10(12)13-2)11-7-9-4-3-5-14-9/h8-9,11H,3-7H2,1-2H3. The molecule has 0 aromatic heterocycles. The summed E-state index contributed by atoms with van der Waals surface area (Å²) < 4.78 is 4.61. The number of nitrogens with one attached hydrogen (secondary N) is 1. The van der Waals surface area contributed by atoms with Gasteiger partial charge in [0.1, 0.15) is 0 Å². The van der Waals surface area contributed by atoms with Gasteiger partial charge in [-0.3, -0.25) is 4.79 Å². The van der Waals surface area contributed by atoms with Crippen LogP contribution in [0.25, 0.3) is 0 Å². The largest absolute Gasteiger partial charge is 0.469 e. The summed E-state index contributed by atoms with van der Waals surface area (Å²) in [5, 5.41) is 4.11. The number of rotatable bonds is 5. The highest BCUT2D eigenvalue weighted by Gasteiger charge is 2.16. The van der Waals surface area contributed by atoms with Crippen LogP contribution in [0.3, 0.4) is 0 Å². The Bertz CT molecular complexity index is 181. The Balaban J connectivity index is 2.07. The van der Waals surface area contributed by atoms with Crippen molar-refractivity contribution in [3.63, 3.8) is 0 Å². The predicted molar refractivity (Wildman–Crippen MR) is 59.6 cm³/mol. The van der Waals surface area contributed by atoms with E-state index in [2.05, 4.69) is 10.1 Å². The number of carbonyl (C=O) groups is 1. The van der Waals surface area contributed by atoms with E-state index in [9.17, 15) is 4.79 Å². The van der Waals surface area contributed by atoms with Crippen LogP contribution in [0.15, 0.2) is 0 Å². The highest BCUT2D eigenvalue weighted by Crippen LogP contribution is 2.25. The van der Waals surface area contributed by atoms with Crippen molar-refractivity contribution in [2.75, 3.05) is 19.4 Å². The molecule has 3 nitrogen and oxygen atoms in total. The third-order valence-corrected chi connectivity index (χ3v) is 3.82. The summed E-state index contributed by atoms with van der Waals surface area (Å²) in [5.74, 6) is 1.15. The van der Waals surface area contributed by atoms with E-state index in [1.165, 1.54) is 25.7 Å². The fourth-order valence-corrected chi connectivity index (χ4v) is 2.76. The van der Waals surface area contributed by atoms with Crippen LogP contribution in [-0.2, 0) is 9.53 Å². The molecule has 0 spiro atoms. The molecule has 0 aromatic carbocycles. The molecule has 0 amide bonds. The Labute approximate surface area is 90.0 Å². The maximum atomic E-state index is 11.0. The average molecular weight is 217 g/mol. The minimum atomic E-state index is -0.135. The van der Waals surface area contributed by atoms with Gasteiger partial charge in [-0.2, -0.15) is 11.8 Å². The number of methoxy groups -OCH3 is 1. The summed E-state index contributed by atoms with van der Waals surface area (Å²) in [6.45, 7) is 3.04. The number of carbonyl (C=O) groups excluding carboxylic acids is 1. The van der Waals surface area contributed by atoms with Crippen LogP contribution in [0, 0.1) is 0 Å². The molecule has 1 aliphatic heterocycles. The maximum Gasteiger partial charge on any atom is 0.307 e. The molecular weight excluding hydrogens is 198 g/mol. The van der Waals surface area contributed by atoms with Crippen molar-refractivity contribution in [3.05, 3.63) is 0 Å². The zero-order valence-corrected chi connectivity index (χ0v) is 9.73. The molecule has 1 rings (SSSR count). The topological polar surface area (TPSA) is 38.3 Å². The molecule has 14 heavy (non-hydrogen) atoms. The first-order valence-corrected chi connectivity index (χ1v) is 6.19. The van der Waals surface area contributed by atoms with Gasteiger partial charge in [0.05, 0.1) is 13.5 Å². The molecule has 1 aliphatic rings. The maximum absolute atomic E-state index is 11.0. The van der Waals surface area contributed by atoms with Gasteiger partial charge in [0.25, 0.3) is 0 Å². The Kier molecular flexibility index (Phi) is 5.33. The molecular formula is C10H19NO2S. The van der Waals surface area contributed by atoms with E-state index in [1.807, 2.05) is 18.7 Å². The summed E-state index contributed by atoms with van der Waals surface area (Å²) in [5.41, 5.74) is 0. The lowest BCUT2D eigenvalue weighted by molar-refractivity contribution is -0.141. The van der Waals surface area contributed by atoms with Crippen molar-refractivity contribution in [2.45, 2.75) is 37.5 Å². The second kappa shape index (κ2) is 6.30. The summed E-state index contributed by atoms with van der Waals surface area (Å²) in [6, 6.07) is 0.226. The van der Waals surface area contributed by atoms with E-state index in [1.54, 1.807) is 0 Å². The quantitative estimate of drug-likeness (QED) is 0.707. The predicted octanol–water partition coefficient (Wildman–Crippen LogP) is 1.42. The van der Waals surface area contributed by atoms with Crippen molar-refractivity contribution in [2.24, 2.45) is 0 Å². The van der Waals surface area contributed by atoms with Gasteiger partial charge in [0, 0.05) is 17.8 Å². The smallest absolute Gasteiger partial charge is 0.307 e. The SMILES string of the molecule is COC(=O)CC(C)NCC1CCCS1. The van der Waals surface area contributed by atoms with Gasteiger partial charge >= 0.3 is 5.97 Å². The van der Waals surface area contributed by atoms with Gasteiger partial charge in [-0.15, -0.1) is 0 Å². The molecule has 2 unspecified atom stereocenters. The Hall–Kier alpha value is -0.220. The summed E-state index contributed by atoms with van der Waals surface area (Å²) >= 11 is 2.03. The van der Waals surface area contributed by atoms with Crippen molar-refractivity contribution in [1.82, 2.24) is 5.32 Å². The van der Waals surface area contributed by atoms with Crippen LogP contribution in [0.1, 0.15) is 26.2 Å². The lowest BCUT2D eigenvalue weighted by atomic mass is 10.2. The van der Waals surface area contributed by atoms with Crippen LogP contribution in [0.2, 0.25) is 0 Å². The van der Waals surface area contributed by atoms with E-state index in [4.69, 9.17) is 0 Å². The van der Waals surface area contributed by atoms with E-state index in [-0.39, 0.29) is 12.0 Å². The number of hydrogen-bond donors (Lipinski definition) is 1. The Morgan fingerprint density at radius 2 is 2.50 bits per heavy atom. The van der Waals surface area contributed by atoms with E-state index < -0.39 is 0 Å². The number of thioether (sulfide) groups is 1. The molecule has 0 radical (unpaired) electrons. The number of esters is 1. The molecule has 1 fully saturated rings. The first-order chi connectivity index (χ1) is 6.72. The minimum absolute atomic E-state index is 0.135. The second-order valence-corrected chi connectivity index (χ2v) is 5.13. The van der Waals surface area contributed by atoms with Gasteiger partial charge < -0.3 is 10.1 Å². The molecule has 4 heteroatoms. The van der Waals surface area contributed by atoms with Crippen LogP contribution >= 0.6 is 11.8 Å². The third-order valence-electron chi connectivity index (χ3n) is 2.42. The van der Waals surface area contributed by atoms with Gasteiger partial charge in [0.2, 0.25) is 0 Å². The highest BCUT2D eigenvalue weighted by atomic mass is 32.2. The molecule has 0 aliphatic carbocycles. The minimum Gasteiger partial charge on any atom is -0.469 e. The summed E-state index contributed by atoms with van der Waals surface area (Å²) in [7, 11) is 1.43. The molecule has 0 aromatic rings. The fourth-order valence-electron chi connectivity index (χ4n) is 1.54. The Morgan fingerprint density at radius 3 is 3.07 bits per heavy atom. The molecule has 1 heterocycles. The van der Waals surface area contributed by atoms with Crippen molar-refractivity contribution < 1.29 is 9.53 Å². The van der Waals surface area contributed by atoms with E-state index in [0.29, 0.717) is 6.42 Å². The highest BCUT2D eigenvalue weighted by molar-refractivity contribution is 8.00. The van der Waals surface area contributed by atoms with Crippen LogP contribution in [0.4, 0.5) is 0 Å².